The van der Waals surface area contributed by atoms with Gasteiger partial charge in [-0.05, 0) is 6.92 Å². The van der Waals surface area contributed by atoms with Crippen LogP contribution in [-0.4, -0.2) is 22.4 Å². The smallest absolute Gasteiger partial charge is 0.240 e. The minimum atomic E-state index is -0.671. The van der Waals surface area contributed by atoms with Gasteiger partial charge in [0, 0.05) is 5.56 Å². The minimum Gasteiger partial charge on any atom is -0.504 e. The number of rotatable bonds is 2. The predicted octanol–water partition coefficient (Wildman–Crippen LogP) is 1.21. The summed E-state index contributed by atoms with van der Waals surface area (Å²) >= 11 is 0. The third-order valence-electron chi connectivity index (χ3n) is 2.06. The number of carbonyl (C=O) groups excluding carboxylic acids is 2. The maximum absolute atomic E-state index is 10.2. The predicted molar refractivity (Wildman–Crippen MR) is 54.8 cm³/mol. The largest absolute Gasteiger partial charge is 0.504 e. The van der Waals surface area contributed by atoms with Crippen molar-refractivity contribution in [3.8, 4) is 17.6 Å². The van der Waals surface area contributed by atoms with Gasteiger partial charge in [-0.3, -0.25) is 0 Å². The highest BCUT2D eigenvalue weighted by Gasteiger charge is 2.21. The summed E-state index contributed by atoms with van der Waals surface area (Å²) in [5.74, 6) is -1.34. The van der Waals surface area contributed by atoms with E-state index in [1.165, 1.54) is 25.2 Å². The maximum atomic E-state index is 10.2. The van der Waals surface area contributed by atoms with Crippen molar-refractivity contribution in [1.29, 1.82) is 5.26 Å². The number of phenols is 2. The molecule has 84 valence electrons. The van der Waals surface area contributed by atoms with Gasteiger partial charge in [0.1, 0.15) is 23.0 Å². The van der Waals surface area contributed by atoms with E-state index < -0.39 is 17.1 Å². The lowest BCUT2D eigenvalue weighted by molar-refractivity contribution is 0.448. The van der Waals surface area contributed by atoms with E-state index in [0.717, 1.165) is 0 Å². The van der Waals surface area contributed by atoms with E-state index >= 15 is 0 Å². The Kier molecular flexibility index (Phi) is 3.38. The van der Waals surface area contributed by atoms with Crippen LogP contribution in [0.5, 0.6) is 11.5 Å². The van der Waals surface area contributed by atoms with E-state index in [-0.39, 0.29) is 16.9 Å². The normalized spacial score (nSPS) is 8.71. The third-order valence-corrected chi connectivity index (χ3v) is 2.06. The van der Waals surface area contributed by atoms with Crippen molar-refractivity contribution in [2.24, 2.45) is 9.98 Å². The molecule has 1 rings (SSSR count). The fraction of sp³-hybridized carbons (Fsp3) is 0.100. The number of hydrogen-bond acceptors (Lipinski definition) is 7. The lowest BCUT2D eigenvalue weighted by Gasteiger charge is -2.08. The first kappa shape index (κ1) is 12.1. The van der Waals surface area contributed by atoms with Crippen molar-refractivity contribution in [3.63, 3.8) is 0 Å². The monoisotopic (exact) mass is 231 g/mol. The average Bonchev–Trinajstić information content (AvgIpc) is 2.31. The molecular weight excluding hydrogens is 226 g/mol. The number of isocyanates is 2. The lowest BCUT2D eigenvalue weighted by atomic mass is 10.1. The summed E-state index contributed by atoms with van der Waals surface area (Å²) in [5, 5.41) is 27.9. The molecule has 0 unspecified atom stereocenters. The van der Waals surface area contributed by atoms with Crippen molar-refractivity contribution in [2.45, 2.75) is 6.92 Å². The Labute approximate surface area is 95.0 Å². The van der Waals surface area contributed by atoms with Gasteiger partial charge in [0.05, 0.1) is 0 Å². The summed E-state index contributed by atoms with van der Waals surface area (Å²) in [6, 6.07) is 1.51. The summed E-state index contributed by atoms with van der Waals surface area (Å²) in [5.41, 5.74) is -1.02. The van der Waals surface area contributed by atoms with Crippen molar-refractivity contribution in [3.05, 3.63) is 11.1 Å². The van der Waals surface area contributed by atoms with Crippen LogP contribution in [0.25, 0.3) is 0 Å². The van der Waals surface area contributed by atoms with E-state index in [4.69, 9.17) is 5.26 Å². The highest BCUT2D eigenvalue weighted by molar-refractivity contribution is 5.81. The number of hydrogen-bond donors (Lipinski definition) is 2. The standard InChI is InChI=1S/C10H5N3O4/c1-5-7(12-3-14)9(16)6(2-11)10(17)8(5)13-4-15/h16-17H,1H3. The Hall–Kier alpha value is -2.93. The molecular formula is C10H5N3O4. The molecule has 0 amide bonds. The minimum absolute atomic E-state index is 0.0608. The molecule has 0 atom stereocenters. The number of nitrogens with zero attached hydrogens (tertiary/aromatic N) is 3. The topological polar surface area (TPSA) is 123 Å². The Balaban J connectivity index is 3.89. The number of benzene rings is 1. The van der Waals surface area contributed by atoms with Gasteiger partial charge in [0.2, 0.25) is 12.2 Å². The van der Waals surface area contributed by atoms with Crippen LogP contribution in [0.3, 0.4) is 0 Å². The van der Waals surface area contributed by atoms with Crippen LogP contribution >= 0.6 is 0 Å². The van der Waals surface area contributed by atoms with Gasteiger partial charge < -0.3 is 10.2 Å². The van der Waals surface area contributed by atoms with Crippen LogP contribution in [0.15, 0.2) is 9.98 Å². The maximum Gasteiger partial charge on any atom is 0.240 e. The highest BCUT2D eigenvalue weighted by Crippen LogP contribution is 2.46. The highest BCUT2D eigenvalue weighted by atomic mass is 16.3. The number of phenolic OH excluding ortho intramolecular Hbond substituents is 2. The third kappa shape index (κ3) is 1.90. The van der Waals surface area contributed by atoms with Crippen LogP contribution in [0.2, 0.25) is 0 Å². The molecule has 0 heterocycles. The van der Waals surface area contributed by atoms with Crippen LogP contribution in [0.1, 0.15) is 11.1 Å². The van der Waals surface area contributed by atoms with Crippen LogP contribution in [-0.2, 0) is 9.59 Å². The molecule has 0 aliphatic heterocycles. The summed E-state index contributed by atoms with van der Waals surface area (Å²) in [7, 11) is 0. The molecule has 7 heteroatoms. The Morgan fingerprint density at radius 2 is 1.47 bits per heavy atom. The molecule has 1 aromatic carbocycles. The number of aromatic hydroxyl groups is 2. The molecule has 0 saturated carbocycles. The molecule has 0 aromatic heterocycles. The van der Waals surface area contributed by atoms with E-state index in [0.29, 0.717) is 0 Å². The number of aliphatic imine (C=N–C) groups is 2. The van der Waals surface area contributed by atoms with Gasteiger partial charge in [0.25, 0.3) is 0 Å². The van der Waals surface area contributed by atoms with Crippen molar-refractivity contribution < 1.29 is 19.8 Å². The van der Waals surface area contributed by atoms with E-state index in [1.807, 2.05) is 0 Å². The van der Waals surface area contributed by atoms with Gasteiger partial charge in [-0.1, -0.05) is 0 Å². The fourth-order valence-electron chi connectivity index (χ4n) is 1.29. The van der Waals surface area contributed by atoms with Crippen molar-refractivity contribution >= 4 is 23.5 Å². The molecule has 0 bridgehead atoms. The first-order chi connectivity index (χ1) is 8.08. The molecule has 0 aliphatic rings. The average molecular weight is 231 g/mol. The van der Waals surface area contributed by atoms with Gasteiger partial charge in [-0.15, -0.1) is 0 Å². The quantitative estimate of drug-likeness (QED) is 0.584. The molecule has 0 fully saturated rings. The van der Waals surface area contributed by atoms with Gasteiger partial charge in [-0.2, -0.15) is 15.2 Å². The van der Waals surface area contributed by atoms with Gasteiger partial charge in [-0.25, -0.2) is 9.59 Å². The molecule has 2 N–H and O–H groups in total. The Morgan fingerprint density at radius 3 is 1.76 bits per heavy atom. The molecule has 7 nitrogen and oxygen atoms in total. The Morgan fingerprint density at radius 1 is 1.06 bits per heavy atom. The summed E-state index contributed by atoms with van der Waals surface area (Å²) in [6.45, 7) is 1.35. The van der Waals surface area contributed by atoms with Crippen molar-refractivity contribution in [2.75, 3.05) is 0 Å². The molecule has 0 saturated heterocycles. The van der Waals surface area contributed by atoms with Crippen LogP contribution < -0.4 is 0 Å². The zero-order valence-electron chi connectivity index (χ0n) is 8.55. The fourth-order valence-corrected chi connectivity index (χ4v) is 1.29. The van der Waals surface area contributed by atoms with E-state index in [2.05, 4.69) is 9.98 Å². The van der Waals surface area contributed by atoms with Gasteiger partial charge in [0.15, 0.2) is 11.5 Å². The molecule has 17 heavy (non-hydrogen) atoms. The second kappa shape index (κ2) is 4.73. The second-order valence-corrected chi connectivity index (χ2v) is 2.91. The summed E-state index contributed by atoms with van der Waals surface area (Å²) in [6.07, 6.45) is 2.38. The lowest BCUT2D eigenvalue weighted by Crippen LogP contribution is -1.86. The SMILES string of the molecule is Cc1c(N=C=O)c(O)c(C#N)c(O)c1N=C=O. The second-order valence-electron chi connectivity index (χ2n) is 2.91. The molecule has 0 spiro atoms. The first-order valence-electron chi connectivity index (χ1n) is 4.22. The summed E-state index contributed by atoms with van der Waals surface area (Å²) < 4.78 is 0. The van der Waals surface area contributed by atoms with Gasteiger partial charge >= 0.3 is 0 Å². The molecule has 0 aliphatic carbocycles. The zero-order chi connectivity index (χ0) is 13.0. The van der Waals surface area contributed by atoms with E-state index in [1.54, 1.807) is 0 Å². The first-order valence-corrected chi connectivity index (χ1v) is 4.22. The zero-order valence-corrected chi connectivity index (χ0v) is 8.55. The molecule has 0 radical (unpaired) electrons. The Bertz CT molecular complexity index is 572. The van der Waals surface area contributed by atoms with Crippen molar-refractivity contribution in [1.82, 2.24) is 0 Å². The van der Waals surface area contributed by atoms with E-state index in [9.17, 15) is 19.8 Å². The van der Waals surface area contributed by atoms with Crippen LogP contribution in [0.4, 0.5) is 11.4 Å². The number of nitriles is 1. The summed E-state index contributed by atoms with van der Waals surface area (Å²) in [4.78, 5) is 26.7. The van der Waals surface area contributed by atoms with Crippen LogP contribution in [0, 0.1) is 18.3 Å². The molecule has 1 aromatic rings.